The summed E-state index contributed by atoms with van der Waals surface area (Å²) in [6.07, 6.45) is 9.96. The molecule has 6 aromatic rings. The number of nitrogens with zero attached hydrogens (tertiary/aromatic N) is 2. The lowest BCUT2D eigenvalue weighted by molar-refractivity contribution is 0.590. The minimum atomic E-state index is -0.686. The predicted octanol–water partition coefficient (Wildman–Crippen LogP) is 12.6. The maximum atomic E-state index is 3.48. The van der Waals surface area contributed by atoms with Crippen LogP contribution in [0.2, 0.25) is 0 Å². The van der Waals surface area contributed by atoms with E-state index in [0.29, 0.717) is 6.42 Å². The Bertz CT molecular complexity index is 2180. The molecule has 2 nitrogen and oxygen atoms in total. The Morgan fingerprint density at radius 2 is 0.962 bits per heavy atom. The van der Waals surface area contributed by atoms with Gasteiger partial charge in [0, 0.05) is 33.9 Å². The summed E-state index contributed by atoms with van der Waals surface area (Å²) in [4.78, 5) is 4.96. The van der Waals surface area contributed by atoms with Crippen LogP contribution in [0.4, 0.5) is 22.7 Å². The average Bonchev–Trinajstić information content (AvgIpc) is 3.18. The molecule has 1 aliphatic rings. The minimum absolute atomic E-state index is 0.678. The third kappa shape index (κ3) is 7.55. The highest BCUT2D eigenvalue weighted by molar-refractivity contribution is 5.81. The van der Waals surface area contributed by atoms with E-state index in [-0.39, 0.29) is 0 Å². The number of benzene rings is 6. The van der Waals surface area contributed by atoms with Crippen LogP contribution in [0.25, 0.3) is 6.08 Å². The Hall–Kier alpha value is -6.30. The standard InChI is InChI=1S/C50H44N2/c1-38-15-25-45(26-16-38)51(46-27-17-39(2)18-28-46)49(37-44-13-9-6-10-14-44)50(35-33-43(34-36-50)24-23-42-11-7-5-8-12-42)52(47-29-19-40(3)20-30-47)48-31-21-41(4)22-32-48/h5-22,25-35,37H,36H2,1-4H3. The van der Waals surface area contributed by atoms with E-state index in [0.717, 1.165) is 45.1 Å². The molecule has 6 aromatic carbocycles. The van der Waals surface area contributed by atoms with Crippen molar-refractivity contribution in [2.24, 2.45) is 0 Å². The second-order valence-corrected chi connectivity index (χ2v) is 13.7. The molecule has 0 spiro atoms. The Kier molecular flexibility index (Phi) is 10.1. The Labute approximate surface area is 309 Å². The molecule has 254 valence electrons. The van der Waals surface area contributed by atoms with Gasteiger partial charge in [0.15, 0.2) is 0 Å². The van der Waals surface area contributed by atoms with Gasteiger partial charge in [0.25, 0.3) is 0 Å². The Balaban J connectivity index is 1.53. The molecule has 0 saturated carbocycles. The number of aryl methyl sites for hydroxylation is 4. The van der Waals surface area contributed by atoms with E-state index in [9.17, 15) is 0 Å². The Morgan fingerprint density at radius 3 is 1.40 bits per heavy atom. The lowest BCUT2D eigenvalue weighted by Crippen LogP contribution is -2.51. The normalized spacial score (nSPS) is 15.3. The van der Waals surface area contributed by atoms with Gasteiger partial charge in [-0.3, -0.25) is 0 Å². The van der Waals surface area contributed by atoms with Gasteiger partial charge in [-0.05, 0) is 112 Å². The summed E-state index contributed by atoms with van der Waals surface area (Å²) < 4.78 is 0. The summed E-state index contributed by atoms with van der Waals surface area (Å²) in [5, 5.41) is 0. The van der Waals surface area contributed by atoms with Gasteiger partial charge < -0.3 is 9.80 Å². The molecule has 7 rings (SSSR count). The van der Waals surface area contributed by atoms with Gasteiger partial charge in [-0.25, -0.2) is 0 Å². The van der Waals surface area contributed by atoms with E-state index in [1.807, 2.05) is 18.2 Å². The molecule has 1 aliphatic carbocycles. The van der Waals surface area contributed by atoms with Crippen LogP contribution in [0.1, 0.15) is 39.8 Å². The average molecular weight is 673 g/mol. The van der Waals surface area contributed by atoms with Crippen molar-refractivity contribution in [1.82, 2.24) is 0 Å². The van der Waals surface area contributed by atoms with Gasteiger partial charge in [0.05, 0.1) is 5.70 Å². The monoisotopic (exact) mass is 672 g/mol. The first-order valence-electron chi connectivity index (χ1n) is 18.0. The van der Waals surface area contributed by atoms with Crippen LogP contribution >= 0.6 is 0 Å². The topological polar surface area (TPSA) is 6.48 Å². The van der Waals surface area contributed by atoms with Crippen molar-refractivity contribution in [2.75, 3.05) is 9.80 Å². The van der Waals surface area contributed by atoms with Gasteiger partial charge in [0.1, 0.15) is 5.54 Å². The van der Waals surface area contributed by atoms with Crippen LogP contribution in [0.15, 0.2) is 187 Å². The number of allylic oxidation sites excluding steroid dienone is 2. The van der Waals surface area contributed by atoms with Crippen molar-refractivity contribution in [1.29, 1.82) is 0 Å². The predicted molar refractivity (Wildman–Crippen MR) is 221 cm³/mol. The van der Waals surface area contributed by atoms with Gasteiger partial charge in [-0.15, -0.1) is 0 Å². The lowest BCUT2D eigenvalue weighted by Gasteiger charge is -2.49. The molecule has 0 aliphatic heterocycles. The zero-order valence-corrected chi connectivity index (χ0v) is 30.4. The summed E-state index contributed by atoms with van der Waals surface area (Å²) in [6.45, 7) is 8.58. The largest absolute Gasteiger partial charge is 0.326 e. The molecule has 0 bridgehead atoms. The van der Waals surface area contributed by atoms with Crippen molar-refractivity contribution in [2.45, 2.75) is 39.7 Å². The van der Waals surface area contributed by atoms with Gasteiger partial charge in [-0.2, -0.15) is 0 Å². The molecule has 0 amide bonds. The molecule has 1 unspecified atom stereocenters. The highest BCUT2D eigenvalue weighted by atomic mass is 15.3. The fourth-order valence-corrected chi connectivity index (χ4v) is 6.76. The molecule has 52 heavy (non-hydrogen) atoms. The summed E-state index contributed by atoms with van der Waals surface area (Å²) >= 11 is 0. The Morgan fingerprint density at radius 1 is 0.519 bits per heavy atom. The second kappa shape index (κ2) is 15.3. The molecule has 1 atom stereocenters. The maximum absolute atomic E-state index is 3.48. The van der Waals surface area contributed by atoms with Crippen molar-refractivity contribution in [3.05, 3.63) is 221 Å². The van der Waals surface area contributed by atoms with Crippen LogP contribution in [0.3, 0.4) is 0 Å². The first kappa shape index (κ1) is 34.2. The van der Waals surface area contributed by atoms with Crippen LogP contribution in [0, 0.1) is 39.5 Å². The molecule has 0 fully saturated rings. The molecule has 0 radical (unpaired) electrons. The van der Waals surface area contributed by atoms with Crippen molar-refractivity contribution >= 4 is 28.8 Å². The smallest absolute Gasteiger partial charge is 0.108 e. The molecule has 0 heterocycles. The fraction of sp³-hybridized carbons (Fsp3) is 0.120. The van der Waals surface area contributed by atoms with E-state index >= 15 is 0 Å². The maximum Gasteiger partial charge on any atom is 0.108 e. The number of anilines is 4. The number of rotatable bonds is 8. The van der Waals surface area contributed by atoms with E-state index in [2.05, 4.69) is 213 Å². The SMILES string of the molecule is Cc1ccc(N(C(=Cc2ccccc2)C2(N(c3ccc(C)cc3)c3ccc(C)cc3)C=CC(C#Cc3ccccc3)=CC2)c2ccc(C)cc2)cc1. The number of hydrogen-bond donors (Lipinski definition) is 0. The summed E-state index contributed by atoms with van der Waals surface area (Å²) in [5.41, 5.74) is 12.9. The quantitative estimate of drug-likeness (QED) is 0.149. The molecule has 0 aromatic heterocycles. The first-order chi connectivity index (χ1) is 25.4. The molecule has 0 saturated heterocycles. The molecular formula is C50H44N2. The molecule has 2 heteroatoms. The summed E-state index contributed by atoms with van der Waals surface area (Å²) in [6, 6.07) is 56.5. The second-order valence-electron chi connectivity index (χ2n) is 13.7. The van der Waals surface area contributed by atoms with E-state index < -0.39 is 5.54 Å². The highest BCUT2D eigenvalue weighted by Crippen LogP contribution is 2.48. The summed E-state index contributed by atoms with van der Waals surface area (Å²) in [7, 11) is 0. The molecule has 0 N–H and O–H groups in total. The van der Waals surface area contributed by atoms with Gasteiger partial charge in [-0.1, -0.05) is 143 Å². The fourth-order valence-electron chi connectivity index (χ4n) is 6.76. The highest BCUT2D eigenvalue weighted by Gasteiger charge is 2.43. The van der Waals surface area contributed by atoms with Crippen LogP contribution in [-0.4, -0.2) is 5.54 Å². The number of hydrogen-bond acceptors (Lipinski definition) is 2. The van der Waals surface area contributed by atoms with Gasteiger partial charge >= 0.3 is 0 Å². The summed E-state index contributed by atoms with van der Waals surface area (Å²) in [5.74, 6) is 6.87. The van der Waals surface area contributed by atoms with Gasteiger partial charge in [0.2, 0.25) is 0 Å². The van der Waals surface area contributed by atoms with Crippen LogP contribution < -0.4 is 9.80 Å². The third-order valence-electron chi connectivity index (χ3n) is 9.65. The molecular weight excluding hydrogens is 629 g/mol. The first-order valence-corrected chi connectivity index (χ1v) is 18.0. The zero-order valence-electron chi connectivity index (χ0n) is 30.4. The minimum Gasteiger partial charge on any atom is -0.326 e. The zero-order chi connectivity index (χ0) is 35.9. The van der Waals surface area contributed by atoms with E-state index in [1.54, 1.807) is 0 Å². The lowest BCUT2D eigenvalue weighted by atomic mass is 9.80. The van der Waals surface area contributed by atoms with Crippen molar-refractivity contribution < 1.29 is 0 Å². The van der Waals surface area contributed by atoms with Crippen molar-refractivity contribution in [3.8, 4) is 11.8 Å². The van der Waals surface area contributed by atoms with Crippen molar-refractivity contribution in [3.63, 3.8) is 0 Å². The van der Waals surface area contributed by atoms with E-state index in [1.165, 1.54) is 22.3 Å². The van der Waals surface area contributed by atoms with Crippen LogP contribution in [-0.2, 0) is 0 Å². The third-order valence-corrected chi connectivity index (χ3v) is 9.65. The van der Waals surface area contributed by atoms with Crippen LogP contribution in [0.5, 0.6) is 0 Å². The van der Waals surface area contributed by atoms with E-state index in [4.69, 9.17) is 0 Å².